The Balaban J connectivity index is 1.98. The quantitative estimate of drug-likeness (QED) is 0.659. The molecular formula is C22H25NO. The maximum atomic E-state index is 12.0. The number of nitrogens with zero attached hydrogens (tertiary/aromatic N) is 1. The van der Waals surface area contributed by atoms with E-state index in [9.17, 15) is 4.79 Å². The van der Waals surface area contributed by atoms with Gasteiger partial charge in [0.2, 0.25) is 0 Å². The fourth-order valence-electron chi connectivity index (χ4n) is 2.57. The molecule has 2 aromatic rings. The number of anilines is 1. The second-order valence-corrected chi connectivity index (χ2v) is 5.75. The Morgan fingerprint density at radius 3 is 2.12 bits per heavy atom. The van der Waals surface area contributed by atoms with Crippen LogP contribution in [0.25, 0.3) is 12.2 Å². The Bertz CT molecular complexity index is 722. The van der Waals surface area contributed by atoms with Crippen molar-refractivity contribution in [2.75, 3.05) is 18.0 Å². The lowest BCUT2D eigenvalue weighted by molar-refractivity contribution is -0.110. The minimum atomic E-state index is -0.00988. The molecule has 0 aliphatic heterocycles. The number of benzene rings is 2. The van der Waals surface area contributed by atoms with E-state index in [1.807, 2.05) is 49.4 Å². The van der Waals surface area contributed by atoms with Gasteiger partial charge in [-0.1, -0.05) is 54.1 Å². The fraction of sp³-hybridized carbons (Fsp3) is 0.227. The van der Waals surface area contributed by atoms with Gasteiger partial charge in [0.15, 0.2) is 5.78 Å². The number of aryl methyl sites for hydroxylation is 1. The van der Waals surface area contributed by atoms with E-state index >= 15 is 0 Å². The molecule has 0 spiro atoms. The van der Waals surface area contributed by atoms with E-state index < -0.39 is 0 Å². The molecule has 0 saturated carbocycles. The normalized spacial score (nSPS) is 11.3. The van der Waals surface area contributed by atoms with E-state index in [1.54, 1.807) is 12.2 Å². The van der Waals surface area contributed by atoms with Crippen molar-refractivity contribution >= 4 is 23.6 Å². The highest BCUT2D eigenvalue weighted by molar-refractivity contribution is 6.04. The van der Waals surface area contributed by atoms with Crippen molar-refractivity contribution in [3.8, 4) is 0 Å². The van der Waals surface area contributed by atoms with Gasteiger partial charge in [0.25, 0.3) is 0 Å². The molecule has 2 heteroatoms. The first-order valence-corrected chi connectivity index (χ1v) is 8.44. The molecule has 0 bridgehead atoms. The predicted molar refractivity (Wildman–Crippen MR) is 104 cm³/mol. The van der Waals surface area contributed by atoms with Crippen LogP contribution < -0.4 is 4.90 Å². The zero-order valence-corrected chi connectivity index (χ0v) is 14.7. The average molecular weight is 319 g/mol. The van der Waals surface area contributed by atoms with Gasteiger partial charge in [-0.15, -0.1) is 0 Å². The molecule has 2 nitrogen and oxygen atoms in total. The van der Waals surface area contributed by atoms with Crippen LogP contribution in [0.3, 0.4) is 0 Å². The van der Waals surface area contributed by atoms with E-state index in [0.29, 0.717) is 0 Å². The van der Waals surface area contributed by atoms with Crippen LogP contribution in [0, 0.1) is 6.92 Å². The van der Waals surface area contributed by atoms with E-state index in [0.717, 1.165) is 24.2 Å². The molecule has 0 N–H and O–H groups in total. The van der Waals surface area contributed by atoms with Gasteiger partial charge < -0.3 is 4.90 Å². The minimum absolute atomic E-state index is 0.00988. The number of allylic oxidation sites excluding steroid dienone is 2. The van der Waals surface area contributed by atoms with Crippen molar-refractivity contribution in [3.63, 3.8) is 0 Å². The maximum absolute atomic E-state index is 12.0. The van der Waals surface area contributed by atoms with Gasteiger partial charge in [-0.2, -0.15) is 0 Å². The standard InChI is InChI=1S/C22H25NO/c1-4-23(5-2)21-13-9-19(10-14-21)11-15-22(24)16-12-20-8-6-7-18(3)17-20/h6-17H,4-5H2,1-3H3. The summed E-state index contributed by atoms with van der Waals surface area (Å²) in [6.07, 6.45) is 6.92. The lowest BCUT2D eigenvalue weighted by atomic mass is 10.1. The summed E-state index contributed by atoms with van der Waals surface area (Å²) in [6.45, 7) is 8.33. The molecule has 0 amide bonds. The third-order valence-corrected chi connectivity index (χ3v) is 3.94. The van der Waals surface area contributed by atoms with E-state index in [-0.39, 0.29) is 5.78 Å². The van der Waals surface area contributed by atoms with Crippen LogP contribution in [0.4, 0.5) is 5.69 Å². The summed E-state index contributed by atoms with van der Waals surface area (Å²) >= 11 is 0. The molecule has 2 rings (SSSR count). The number of carbonyl (C=O) groups is 1. The first kappa shape index (κ1) is 17.7. The second kappa shape index (κ2) is 8.88. The van der Waals surface area contributed by atoms with E-state index in [4.69, 9.17) is 0 Å². The Labute approximate surface area is 145 Å². The lowest BCUT2D eigenvalue weighted by Gasteiger charge is -2.20. The van der Waals surface area contributed by atoms with Crippen molar-refractivity contribution in [1.82, 2.24) is 0 Å². The Morgan fingerprint density at radius 1 is 0.917 bits per heavy atom. The maximum Gasteiger partial charge on any atom is 0.178 e. The van der Waals surface area contributed by atoms with Crippen LogP contribution in [-0.4, -0.2) is 18.9 Å². The molecule has 24 heavy (non-hydrogen) atoms. The third-order valence-electron chi connectivity index (χ3n) is 3.94. The second-order valence-electron chi connectivity index (χ2n) is 5.75. The predicted octanol–water partition coefficient (Wildman–Crippen LogP) is 5.14. The SMILES string of the molecule is CCN(CC)c1ccc(C=CC(=O)C=Cc2cccc(C)c2)cc1. The highest BCUT2D eigenvalue weighted by atomic mass is 16.1. The first-order chi connectivity index (χ1) is 11.6. The molecule has 0 aromatic heterocycles. The molecule has 0 radical (unpaired) electrons. The molecule has 0 fully saturated rings. The van der Waals surface area contributed by atoms with E-state index in [2.05, 4.69) is 36.9 Å². The average Bonchev–Trinajstić information content (AvgIpc) is 2.60. The number of rotatable bonds is 7. The van der Waals surface area contributed by atoms with Crippen molar-refractivity contribution in [2.24, 2.45) is 0 Å². The summed E-state index contributed by atoms with van der Waals surface area (Å²) in [5.74, 6) is -0.00988. The van der Waals surface area contributed by atoms with Gasteiger partial charge in [-0.3, -0.25) is 4.79 Å². The van der Waals surface area contributed by atoms with Gasteiger partial charge in [0.05, 0.1) is 0 Å². The molecule has 0 heterocycles. The number of carbonyl (C=O) groups excluding carboxylic acids is 1. The largest absolute Gasteiger partial charge is 0.372 e. The van der Waals surface area contributed by atoms with Crippen LogP contribution in [-0.2, 0) is 4.79 Å². The molecule has 0 aliphatic carbocycles. The van der Waals surface area contributed by atoms with Crippen molar-refractivity contribution in [1.29, 1.82) is 0 Å². The summed E-state index contributed by atoms with van der Waals surface area (Å²) in [5.41, 5.74) is 4.47. The molecular weight excluding hydrogens is 294 g/mol. The first-order valence-electron chi connectivity index (χ1n) is 8.44. The van der Waals surface area contributed by atoms with Crippen LogP contribution in [0.15, 0.2) is 60.7 Å². The van der Waals surface area contributed by atoms with Crippen molar-refractivity contribution < 1.29 is 4.79 Å². The Kier molecular flexibility index (Phi) is 6.56. The summed E-state index contributed by atoms with van der Waals surface area (Å²) in [5, 5.41) is 0. The summed E-state index contributed by atoms with van der Waals surface area (Å²) in [7, 11) is 0. The summed E-state index contributed by atoms with van der Waals surface area (Å²) in [4.78, 5) is 14.3. The molecule has 124 valence electrons. The molecule has 0 aliphatic rings. The number of ketones is 1. The van der Waals surface area contributed by atoms with Gasteiger partial charge >= 0.3 is 0 Å². The molecule has 0 unspecified atom stereocenters. The van der Waals surface area contributed by atoms with Crippen LogP contribution in [0.5, 0.6) is 0 Å². The topological polar surface area (TPSA) is 20.3 Å². The third kappa shape index (κ3) is 5.24. The summed E-state index contributed by atoms with van der Waals surface area (Å²) < 4.78 is 0. The highest BCUT2D eigenvalue weighted by Gasteiger charge is 2.00. The van der Waals surface area contributed by atoms with Gasteiger partial charge in [-0.05, 0) is 56.2 Å². The number of hydrogen-bond donors (Lipinski definition) is 0. The molecule has 0 atom stereocenters. The van der Waals surface area contributed by atoms with E-state index in [1.165, 1.54) is 11.3 Å². The van der Waals surface area contributed by atoms with Gasteiger partial charge in [0.1, 0.15) is 0 Å². The zero-order chi connectivity index (χ0) is 17.4. The van der Waals surface area contributed by atoms with Crippen molar-refractivity contribution in [2.45, 2.75) is 20.8 Å². The monoisotopic (exact) mass is 319 g/mol. The lowest BCUT2D eigenvalue weighted by Crippen LogP contribution is -2.21. The van der Waals surface area contributed by atoms with Gasteiger partial charge in [-0.25, -0.2) is 0 Å². The van der Waals surface area contributed by atoms with Crippen LogP contribution in [0.1, 0.15) is 30.5 Å². The summed E-state index contributed by atoms with van der Waals surface area (Å²) in [6, 6.07) is 16.4. The minimum Gasteiger partial charge on any atom is -0.372 e. The highest BCUT2D eigenvalue weighted by Crippen LogP contribution is 2.15. The Hall–Kier alpha value is -2.61. The van der Waals surface area contributed by atoms with Crippen LogP contribution >= 0.6 is 0 Å². The molecule has 2 aromatic carbocycles. The number of hydrogen-bond acceptors (Lipinski definition) is 2. The fourth-order valence-corrected chi connectivity index (χ4v) is 2.57. The van der Waals surface area contributed by atoms with Crippen LogP contribution in [0.2, 0.25) is 0 Å². The zero-order valence-electron chi connectivity index (χ0n) is 14.7. The van der Waals surface area contributed by atoms with Gasteiger partial charge in [0, 0.05) is 18.8 Å². The smallest absolute Gasteiger partial charge is 0.178 e. The Morgan fingerprint density at radius 2 is 1.54 bits per heavy atom. The van der Waals surface area contributed by atoms with Crippen molar-refractivity contribution in [3.05, 3.63) is 77.4 Å². The molecule has 0 saturated heterocycles.